The van der Waals surface area contributed by atoms with Crippen molar-refractivity contribution in [1.82, 2.24) is 0 Å². The standard InChI is InChI=1S/C12H14O3/c1-8-5-4-6-10(7-9(2)13)11(8)12(14)15-3/h4-6H,7H2,1-3H3. The summed E-state index contributed by atoms with van der Waals surface area (Å²) >= 11 is 0. The maximum absolute atomic E-state index is 11.5. The van der Waals surface area contributed by atoms with Crippen molar-refractivity contribution in [3.05, 3.63) is 34.9 Å². The Bertz CT molecular complexity index is 394. The smallest absolute Gasteiger partial charge is 0.338 e. The van der Waals surface area contributed by atoms with Crippen molar-refractivity contribution in [3.8, 4) is 0 Å². The van der Waals surface area contributed by atoms with E-state index in [2.05, 4.69) is 4.74 Å². The molecule has 0 fully saturated rings. The lowest BCUT2D eigenvalue weighted by Crippen LogP contribution is -2.10. The molecule has 0 aliphatic heterocycles. The molecule has 0 aliphatic carbocycles. The molecule has 15 heavy (non-hydrogen) atoms. The van der Waals surface area contributed by atoms with Crippen LogP contribution in [-0.2, 0) is 16.0 Å². The summed E-state index contributed by atoms with van der Waals surface area (Å²) in [4.78, 5) is 22.5. The largest absolute Gasteiger partial charge is 0.465 e. The summed E-state index contributed by atoms with van der Waals surface area (Å²) in [6, 6.07) is 5.44. The van der Waals surface area contributed by atoms with Gasteiger partial charge in [0.05, 0.1) is 12.7 Å². The Labute approximate surface area is 89.1 Å². The van der Waals surface area contributed by atoms with E-state index in [1.807, 2.05) is 19.1 Å². The van der Waals surface area contributed by atoms with Gasteiger partial charge in [0.25, 0.3) is 0 Å². The number of methoxy groups -OCH3 is 1. The van der Waals surface area contributed by atoms with Crippen LogP contribution in [0, 0.1) is 6.92 Å². The van der Waals surface area contributed by atoms with E-state index in [1.54, 1.807) is 6.07 Å². The van der Waals surface area contributed by atoms with Crippen molar-refractivity contribution in [1.29, 1.82) is 0 Å². The van der Waals surface area contributed by atoms with Gasteiger partial charge in [0.1, 0.15) is 5.78 Å². The minimum Gasteiger partial charge on any atom is -0.465 e. The Kier molecular flexibility index (Phi) is 3.61. The summed E-state index contributed by atoms with van der Waals surface area (Å²) < 4.78 is 4.69. The Balaban J connectivity index is 3.20. The van der Waals surface area contributed by atoms with E-state index < -0.39 is 0 Å². The van der Waals surface area contributed by atoms with Crippen LogP contribution in [0.2, 0.25) is 0 Å². The lowest BCUT2D eigenvalue weighted by molar-refractivity contribution is -0.116. The van der Waals surface area contributed by atoms with Gasteiger partial charge < -0.3 is 4.74 Å². The first-order valence-electron chi connectivity index (χ1n) is 4.72. The predicted octanol–water partition coefficient (Wildman–Crippen LogP) is 1.91. The first-order chi connectivity index (χ1) is 7.06. The molecule has 3 heteroatoms. The van der Waals surface area contributed by atoms with Crippen molar-refractivity contribution in [2.45, 2.75) is 20.3 Å². The maximum atomic E-state index is 11.5. The molecule has 0 amide bonds. The SMILES string of the molecule is COC(=O)c1c(C)cccc1CC(C)=O. The van der Waals surface area contributed by atoms with Crippen molar-refractivity contribution < 1.29 is 14.3 Å². The Morgan fingerprint density at radius 2 is 2.00 bits per heavy atom. The van der Waals surface area contributed by atoms with E-state index >= 15 is 0 Å². The number of ketones is 1. The second-order valence-corrected chi connectivity index (χ2v) is 3.48. The third kappa shape index (κ3) is 2.65. The van der Waals surface area contributed by atoms with E-state index in [9.17, 15) is 9.59 Å². The average molecular weight is 206 g/mol. The molecule has 0 aliphatic rings. The normalized spacial score (nSPS) is 9.80. The van der Waals surface area contributed by atoms with Crippen molar-refractivity contribution in [2.24, 2.45) is 0 Å². The minimum atomic E-state index is -0.385. The van der Waals surface area contributed by atoms with Crippen LogP contribution in [-0.4, -0.2) is 18.9 Å². The van der Waals surface area contributed by atoms with Crippen LogP contribution >= 0.6 is 0 Å². The van der Waals surface area contributed by atoms with Crippen molar-refractivity contribution >= 4 is 11.8 Å². The molecule has 3 nitrogen and oxygen atoms in total. The Morgan fingerprint density at radius 1 is 1.33 bits per heavy atom. The fourth-order valence-electron chi connectivity index (χ4n) is 1.54. The van der Waals surface area contributed by atoms with Crippen LogP contribution in [0.4, 0.5) is 0 Å². The third-order valence-corrected chi connectivity index (χ3v) is 2.19. The van der Waals surface area contributed by atoms with Crippen LogP contribution in [0.5, 0.6) is 0 Å². The first-order valence-corrected chi connectivity index (χ1v) is 4.72. The molecule has 1 aromatic rings. The second-order valence-electron chi connectivity index (χ2n) is 3.48. The highest BCUT2D eigenvalue weighted by molar-refractivity contribution is 5.94. The molecular weight excluding hydrogens is 192 g/mol. The van der Waals surface area contributed by atoms with Crippen LogP contribution in [0.3, 0.4) is 0 Å². The van der Waals surface area contributed by atoms with Crippen LogP contribution in [0.1, 0.15) is 28.4 Å². The molecule has 0 atom stereocenters. The molecule has 0 radical (unpaired) electrons. The molecule has 0 unspecified atom stereocenters. The molecule has 0 saturated heterocycles. The van der Waals surface area contributed by atoms with Crippen LogP contribution in [0.15, 0.2) is 18.2 Å². The first kappa shape index (κ1) is 11.4. The monoisotopic (exact) mass is 206 g/mol. The number of ether oxygens (including phenoxy) is 1. The van der Waals surface area contributed by atoms with Gasteiger partial charge in [0.15, 0.2) is 0 Å². The molecule has 1 aromatic carbocycles. The molecule has 80 valence electrons. The minimum absolute atomic E-state index is 0.0331. The quantitative estimate of drug-likeness (QED) is 0.709. The number of esters is 1. The second kappa shape index (κ2) is 4.73. The number of hydrogen-bond donors (Lipinski definition) is 0. The van der Waals surface area contributed by atoms with E-state index in [4.69, 9.17) is 0 Å². The highest BCUT2D eigenvalue weighted by Gasteiger charge is 2.15. The number of aryl methyl sites for hydroxylation is 1. The lowest BCUT2D eigenvalue weighted by Gasteiger charge is -2.09. The summed E-state index contributed by atoms with van der Waals surface area (Å²) in [5, 5.41) is 0. The van der Waals surface area contributed by atoms with Gasteiger partial charge >= 0.3 is 5.97 Å². The summed E-state index contributed by atoms with van der Waals surface area (Å²) in [7, 11) is 1.34. The van der Waals surface area contributed by atoms with Gasteiger partial charge in [0.2, 0.25) is 0 Å². The highest BCUT2D eigenvalue weighted by Crippen LogP contribution is 2.16. The lowest BCUT2D eigenvalue weighted by atomic mass is 9.98. The zero-order valence-corrected chi connectivity index (χ0v) is 9.16. The van der Waals surface area contributed by atoms with Gasteiger partial charge in [-0.2, -0.15) is 0 Å². The predicted molar refractivity (Wildman–Crippen MR) is 56.9 cm³/mol. The van der Waals surface area contributed by atoms with Crippen LogP contribution in [0.25, 0.3) is 0 Å². The molecule has 0 saturated carbocycles. The Hall–Kier alpha value is -1.64. The van der Waals surface area contributed by atoms with E-state index in [0.29, 0.717) is 5.56 Å². The van der Waals surface area contributed by atoms with E-state index in [1.165, 1.54) is 14.0 Å². The van der Waals surface area contributed by atoms with Gasteiger partial charge in [-0.25, -0.2) is 4.79 Å². The molecular formula is C12H14O3. The van der Waals surface area contributed by atoms with Gasteiger partial charge in [-0.1, -0.05) is 18.2 Å². The average Bonchev–Trinajstić information content (AvgIpc) is 2.16. The molecule has 0 spiro atoms. The molecule has 0 bridgehead atoms. The van der Waals surface area contributed by atoms with Gasteiger partial charge in [-0.3, -0.25) is 4.79 Å². The maximum Gasteiger partial charge on any atom is 0.338 e. The molecule has 0 heterocycles. The topological polar surface area (TPSA) is 43.4 Å². The third-order valence-electron chi connectivity index (χ3n) is 2.19. The summed E-state index contributed by atoms with van der Waals surface area (Å²) in [6.45, 7) is 3.33. The van der Waals surface area contributed by atoms with E-state index in [-0.39, 0.29) is 18.2 Å². The highest BCUT2D eigenvalue weighted by atomic mass is 16.5. The Morgan fingerprint density at radius 3 is 2.53 bits per heavy atom. The van der Waals surface area contributed by atoms with Crippen LogP contribution < -0.4 is 0 Å². The zero-order valence-electron chi connectivity index (χ0n) is 9.16. The van der Waals surface area contributed by atoms with Gasteiger partial charge in [-0.15, -0.1) is 0 Å². The number of carbonyl (C=O) groups is 2. The molecule has 1 rings (SSSR count). The molecule has 0 N–H and O–H groups in total. The number of carbonyl (C=O) groups excluding carboxylic acids is 2. The van der Waals surface area contributed by atoms with Gasteiger partial charge in [-0.05, 0) is 25.0 Å². The van der Waals surface area contributed by atoms with Crippen molar-refractivity contribution in [3.63, 3.8) is 0 Å². The number of rotatable bonds is 3. The number of hydrogen-bond acceptors (Lipinski definition) is 3. The van der Waals surface area contributed by atoms with E-state index in [0.717, 1.165) is 11.1 Å². The number of Topliss-reactive ketones (excluding diaryl/α,β-unsaturated/α-hetero) is 1. The summed E-state index contributed by atoms with van der Waals surface area (Å²) in [6.07, 6.45) is 0.270. The summed E-state index contributed by atoms with van der Waals surface area (Å²) in [5.74, 6) is -0.352. The zero-order chi connectivity index (χ0) is 11.4. The fourth-order valence-corrected chi connectivity index (χ4v) is 1.54. The number of benzene rings is 1. The summed E-state index contributed by atoms with van der Waals surface area (Å²) in [5.41, 5.74) is 2.07. The van der Waals surface area contributed by atoms with Crippen molar-refractivity contribution in [2.75, 3.05) is 7.11 Å². The van der Waals surface area contributed by atoms with Gasteiger partial charge in [0, 0.05) is 6.42 Å². The molecule has 0 aromatic heterocycles. The fraction of sp³-hybridized carbons (Fsp3) is 0.333.